The number of para-hydroxylation sites is 1. The number of hydrogen-bond acceptors (Lipinski definition) is 2. The van der Waals surface area contributed by atoms with Crippen molar-refractivity contribution in [3.63, 3.8) is 0 Å². The first-order chi connectivity index (χ1) is 11.6. The Morgan fingerprint density at radius 2 is 1.79 bits per heavy atom. The molecule has 0 N–H and O–H groups in total. The average Bonchev–Trinajstić information content (AvgIpc) is 2.91. The number of carbonyl (C=O) groups is 1. The molecule has 134 valence electrons. The molecule has 1 aliphatic carbocycles. The molecule has 0 radical (unpaired) electrons. The van der Waals surface area contributed by atoms with Crippen molar-refractivity contribution in [2.45, 2.75) is 60.5 Å². The third kappa shape index (κ3) is 4.07. The normalized spacial score (nSPS) is 16.2. The number of nitrogens with zero attached hydrogens (tertiary/aromatic N) is 1. The van der Waals surface area contributed by atoms with E-state index >= 15 is 0 Å². The van der Waals surface area contributed by atoms with Crippen LogP contribution in [0.4, 0.5) is 0 Å². The van der Waals surface area contributed by atoms with Crippen LogP contribution in [0.15, 0.2) is 24.3 Å². The smallest absolute Gasteiger partial charge is 0.170 e. The van der Waals surface area contributed by atoms with Crippen molar-refractivity contribution < 1.29 is 9.53 Å². The lowest BCUT2D eigenvalue weighted by Crippen LogP contribution is -2.28. The number of ether oxygens (including phenoxy) is 1. The zero-order valence-electron chi connectivity index (χ0n) is 16.3. The summed E-state index contributed by atoms with van der Waals surface area (Å²) in [6.45, 7) is 12.6. The van der Waals surface area contributed by atoms with E-state index in [1.165, 1.54) is 5.69 Å². The zero-order chi connectivity index (χ0) is 18.3. The van der Waals surface area contributed by atoms with Crippen molar-refractivity contribution in [1.29, 1.82) is 0 Å². The molecule has 0 spiro atoms. The van der Waals surface area contributed by atoms with E-state index in [9.17, 15) is 4.79 Å². The van der Waals surface area contributed by atoms with Crippen LogP contribution in [-0.2, 0) is 18.2 Å². The second-order valence-electron chi connectivity index (χ2n) is 5.88. The summed E-state index contributed by atoms with van der Waals surface area (Å²) in [7, 11) is 2.05. The maximum atomic E-state index is 12.8. The van der Waals surface area contributed by atoms with E-state index < -0.39 is 0 Å². The van der Waals surface area contributed by atoms with Gasteiger partial charge in [-0.05, 0) is 32.8 Å². The van der Waals surface area contributed by atoms with Crippen molar-refractivity contribution in [2.24, 2.45) is 13.0 Å². The Balaban J connectivity index is 0.000000671. The third-order valence-electron chi connectivity index (χ3n) is 4.21. The van der Waals surface area contributed by atoms with Crippen LogP contribution in [0.3, 0.4) is 0 Å². The summed E-state index contributed by atoms with van der Waals surface area (Å²) in [5.74, 6) is 0.263. The van der Waals surface area contributed by atoms with Gasteiger partial charge in [0.15, 0.2) is 5.78 Å². The molecular formula is C21H33NO2. The quantitative estimate of drug-likeness (QED) is 0.754. The van der Waals surface area contributed by atoms with Crippen LogP contribution >= 0.6 is 0 Å². The van der Waals surface area contributed by atoms with Crippen LogP contribution in [0.2, 0.25) is 0 Å². The number of fused-ring (bicyclic) bond motifs is 3. The van der Waals surface area contributed by atoms with Gasteiger partial charge in [-0.25, -0.2) is 0 Å². The predicted octanol–water partition coefficient (Wildman–Crippen LogP) is 5.40. The van der Waals surface area contributed by atoms with Crippen molar-refractivity contribution in [1.82, 2.24) is 4.57 Å². The highest BCUT2D eigenvalue weighted by atomic mass is 16.5. The minimum atomic E-state index is 0.00991. The highest BCUT2D eigenvalue weighted by molar-refractivity contribution is 6.11. The number of ketones is 1. The van der Waals surface area contributed by atoms with Gasteiger partial charge in [0.25, 0.3) is 0 Å². The Morgan fingerprint density at radius 3 is 2.42 bits per heavy atom. The number of aryl methyl sites for hydroxylation is 1. The molecule has 0 saturated heterocycles. The van der Waals surface area contributed by atoms with Crippen molar-refractivity contribution in [2.75, 3.05) is 6.61 Å². The summed E-state index contributed by atoms with van der Waals surface area (Å²) in [5.41, 5.74) is 3.25. The van der Waals surface area contributed by atoms with Crippen molar-refractivity contribution in [3.8, 4) is 0 Å². The van der Waals surface area contributed by atoms with E-state index in [2.05, 4.69) is 23.7 Å². The molecule has 24 heavy (non-hydrogen) atoms. The molecule has 2 aromatic rings. The van der Waals surface area contributed by atoms with Gasteiger partial charge in [0.05, 0.1) is 12.7 Å². The minimum absolute atomic E-state index is 0.00991. The molecule has 1 aromatic heterocycles. The number of hydrogen-bond donors (Lipinski definition) is 0. The predicted molar refractivity (Wildman–Crippen MR) is 103 cm³/mol. The maximum absolute atomic E-state index is 12.8. The molecule has 1 aromatic carbocycles. The van der Waals surface area contributed by atoms with Crippen LogP contribution in [0.1, 0.15) is 64.0 Å². The molecule has 0 bridgehead atoms. The molecule has 1 heterocycles. The Kier molecular flexibility index (Phi) is 8.20. The Hall–Kier alpha value is -1.61. The van der Waals surface area contributed by atoms with Gasteiger partial charge in [-0.1, -0.05) is 45.9 Å². The molecule has 3 nitrogen and oxygen atoms in total. The lowest BCUT2D eigenvalue weighted by Gasteiger charge is -2.23. The highest BCUT2D eigenvalue weighted by Crippen LogP contribution is 2.33. The fourth-order valence-electron chi connectivity index (χ4n) is 3.13. The highest BCUT2D eigenvalue weighted by Gasteiger charge is 2.32. The average molecular weight is 332 g/mol. The van der Waals surface area contributed by atoms with Gasteiger partial charge in [-0.2, -0.15) is 0 Å². The summed E-state index contributed by atoms with van der Waals surface area (Å²) in [5, 5.41) is 1.09. The first kappa shape index (κ1) is 20.4. The van der Waals surface area contributed by atoms with Crippen molar-refractivity contribution in [3.05, 3.63) is 35.5 Å². The fraction of sp³-hybridized carbons (Fsp3) is 0.571. The topological polar surface area (TPSA) is 31.2 Å². The van der Waals surface area contributed by atoms with E-state index in [4.69, 9.17) is 4.74 Å². The zero-order valence-corrected chi connectivity index (χ0v) is 16.3. The van der Waals surface area contributed by atoms with Gasteiger partial charge in [0.2, 0.25) is 0 Å². The largest absolute Gasteiger partial charge is 0.378 e. The number of rotatable bonds is 3. The van der Waals surface area contributed by atoms with Gasteiger partial charge >= 0.3 is 0 Å². The first-order valence-corrected chi connectivity index (χ1v) is 9.31. The molecule has 0 aliphatic heterocycles. The fourth-order valence-corrected chi connectivity index (χ4v) is 3.13. The SMILES string of the molecule is CC.CC.CC(C)OCC1CCc2c(c3ccccc3n2C)C1=O. The van der Waals surface area contributed by atoms with E-state index in [0.717, 1.165) is 29.3 Å². The van der Waals surface area contributed by atoms with E-state index in [1.807, 2.05) is 53.7 Å². The minimum Gasteiger partial charge on any atom is -0.378 e. The molecule has 1 aliphatic rings. The second-order valence-corrected chi connectivity index (χ2v) is 5.88. The Morgan fingerprint density at radius 1 is 1.17 bits per heavy atom. The monoisotopic (exact) mass is 331 g/mol. The lowest BCUT2D eigenvalue weighted by molar-refractivity contribution is 0.0426. The first-order valence-electron chi connectivity index (χ1n) is 9.31. The molecule has 0 saturated carbocycles. The Labute approximate surface area is 147 Å². The summed E-state index contributed by atoms with van der Waals surface area (Å²) in [4.78, 5) is 12.8. The molecule has 3 rings (SSSR count). The van der Waals surface area contributed by atoms with E-state index in [0.29, 0.717) is 6.61 Å². The van der Waals surface area contributed by atoms with Crippen LogP contribution in [0.25, 0.3) is 10.9 Å². The van der Waals surface area contributed by atoms with Crippen molar-refractivity contribution >= 4 is 16.7 Å². The van der Waals surface area contributed by atoms with Gasteiger partial charge in [0, 0.05) is 35.1 Å². The van der Waals surface area contributed by atoms with Crippen LogP contribution < -0.4 is 0 Å². The third-order valence-corrected chi connectivity index (χ3v) is 4.21. The van der Waals surface area contributed by atoms with Crippen LogP contribution in [0, 0.1) is 5.92 Å². The van der Waals surface area contributed by atoms with E-state index in [1.54, 1.807) is 0 Å². The maximum Gasteiger partial charge on any atom is 0.170 e. The molecule has 1 atom stereocenters. The summed E-state index contributed by atoms with van der Waals surface area (Å²) < 4.78 is 7.83. The lowest BCUT2D eigenvalue weighted by atomic mass is 9.85. The van der Waals surface area contributed by atoms with Crippen LogP contribution in [-0.4, -0.2) is 23.1 Å². The second kappa shape index (κ2) is 9.63. The molecule has 3 heteroatoms. The summed E-state index contributed by atoms with van der Waals surface area (Å²) in [6.07, 6.45) is 2.03. The molecule has 0 amide bonds. The van der Waals surface area contributed by atoms with E-state index in [-0.39, 0.29) is 17.8 Å². The number of aromatic nitrogens is 1. The number of carbonyl (C=O) groups excluding carboxylic acids is 1. The molecular weight excluding hydrogens is 298 g/mol. The number of Topliss-reactive ketones (excluding diaryl/α,β-unsaturated/α-hetero) is 1. The van der Waals surface area contributed by atoms with Gasteiger partial charge in [-0.15, -0.1) is 0 Å². The van der Waals surface area contributed by atoms with Gasteiger partial charge in [-0.3, -0.25) is 4.79 Å². The molecule has 0 fully saturated rings. The van der Waals surface area contributed by atoms with Crippen LogP contribution in [0.5, 0.6) is 0 Å². The standard InChI is InChI=1S/C17H21NO2.2C2H6/c1-11(2)20-10-12-8-9-15-16(17(12)19)13-6-4-5-7-14(13)18(15)3;2*1-2/h4-7,11-12H,8-10H2,1-3H3;2*1-2H3. The van der Waals surface area contributed by atoms with Gasteiger partial charge < -0.3 is 9.30 Å². The summed E-state index contributed by atoms with van der Waals surface area (Å²) in [6, 6.07) is 8.17. The Bertz CT molecular complexity index is 655. The summed E-state index contributed by atoms with van der Waals surface area (Å²) >= 11 is 0. The van der Waals surface area contributed by atoms with Gasteiger partial charge in [0.1, 0.15) is 0 Å². The number of benzene rings is 1. The molecule has 1 unspecified atom stereocenters.